The van der Waals surface area contributed by atoms with Crippen LogP contribution in [0.1, 0.15) is 40.5 Å². The number of aromatic nitrogens is 2. The summed E-state index contributed by atoms with van der Waals surface area (Å²) in [5, 5.41) is 13.7. The number of carbonyl (C=O) groups excluding carboxylic acids is 1. The highest BCUT2D eigenvalue weighted by atomic mass is 127. The van der Waals surface area contributed by atoms with E-state index in [0.717, 1.165) is 5.56 Å². The lowest BCUT2D eigenvalue weighted by Gasteiger charge is -2.29. The van der Waals surface area contributed by atoms with Crippen LogP contribution in [0.2, 0.25) is 5.02 Å². The maximum absolute atomic E-state index is 12.0. The summed E-state index contributed by atoms with van der Waals surface area (Å²) in [6.07, 6.45) is -0.475. The highest BCUT2D eigenvalue weighted by molar-refractivity contribution is 14.0. The summed E-state index contributed by atoms with van der Waals surface area (Å²) in [6.45, 7) is 9.92. The van der Waals surface area contributed by atoms with Crippen LogP contribution in [0.4, 0.5) is 4.79 Å². The average Bonchev–Trinajstić information content (AvgIpc) is 3.08. The zero-order valence-electron chi connectivity index (χ0n) is 18.6. The van der Waals surface area contributed by atoms with E-state index >= 15 is 0 Å². The number of aliphatic imine (C=N–C) groups is 1. The van der Waals surface area contributed by atoms with Crippen molar-refractivity contribution >= 4 is 47.6 Å². The molecule has 0 aliphatic carbocycles. The van der Waals surface area contributed by atoms with Crippen LogP contribution < -0.4 is 16.0 Å². The molecule has 11 heteroatoms. The van der Waals surface area contributed by atoms with E-state index in [9.17, 15) is 4.79 Å². The largest absolute Gasteiger partial charge is 0.444 e. The van der Waals surface area contributed by atoms with E-state index in [2.05, 4.69) is 31.1 Å². The van der Waals surface area contributed by atoms with E-state index in [0.29, 0.717) is 29.2 Å². The highest BCUT2D eigenvalue weighted by Gasteiger charge is 2.24. The van der Waals surface area contributed by atoms with Gasteiger partial charge < -0.3 is 25.2 Å². The molecule has 1 aromatic carbocycles. The molecule has 0 aliphatic heterocycles. The van der Waals surface area contributed by atoms with Gasteiger partial charge in [-0.15, -0.1) is 24.0 Å². The molecule has 0 bridgehead atoms. The Morgan fingerprint density at radius 3 is 2.55 bits per heavy atom. The summed E-state index contributed by atoms with van der Waals surface area (Å²) in [6, 6.07) is 7.23. The Hall–Kier alpha value is -2.08. The number of ether oxygens (including phenoxy) is 1. The summed E-state index contributed by atoms with van der Waals surface area (Å²) in [4.78, 5) is 20.5. The molecular weight excluding hydrogens is 535 g/mol. The van der Waals surface area contributed by atoms with Gasteiger partial charge in [0.25, 0.3) is 0 Å². The average molecular weight is 565 g/mol. The van der Waals surface area contributed by atoms with Crippen molar-refractivity contribution in [2.24, 2.45) is 4.99 Å². The second kappa shape index (κ2) is 11.5. The standard InChI is InChI=1S/C20H29ClN6O3.HI/c1-19(2,3)29-18(28)26-20(4,5)12-24-17(22-6)23-11-15-25-16(27-30-15)13-8-7-9-14(21)10-13;/h7-10H,11-12H2,1-6H3,(H,26,28)(H2,22,23,24);1H. The fourth-order valence-electron chi connectivity index (χ4n) is 2.38. The molecule has 0 fully saturated rings. The number of hydrogen-bond donors (Lipinski definition) is 3. The Bertz CT molecular complexity index is 895. The third-order valence-electron chi connectivity index (χ3n) is 3.72. The van der Waals surface area contributed by atoms with E-state index in [4.69, 9.17) is 20.9 Å². The molecule has 172 valence electrons. The molecule has 0 unspecified atom stereocenters. The van der Waals surface area contributed by atoms with Gasteiger partial charge in [-0.05, 0) is 46.8 Å². The minimum absolute atomic E-state index is 0. The van der Waals surface area contributed by atoms with E-state index in [-0.39, 0.29) is 30.5 Å². The summed E-state index contributed by atoms with van der Waals surface area (Å²) >= 11 is 6.00. The normalized spacial score (nSPS) is 12.0. The number of halogens is 2. The third-order valence-corrected chi connectivity index (χ3v) is 3.95. The SMILES string of the molecule is CN=C(NCc1nc(-c2cccc(Cl)c2)no1)NCC(C)(C)NC(=O)OC(C)(C)C.I. The van der Waals surface area contributed by atoms with Crippen molar-refractivity contribution in [2.45, 2.75) is 52.3 Å². The zero-order valence-corrected chi connectivity index (χ0v) is 21.7. The van der Waals surface area contributed by atoms with E-state index < -0.39 is 17.2 Å². The maximum atomic E-state index is 12.0. The summed E-state index contributed by atoms with van der Waals surface area (Å²) in [5.74, 6) is 1.38. The lowest BCUT2D eigenvalue weighted by atomic mass is 10.1. The minimum Gasteiger partial charge on any atom is -0.444 e. The molecule has 9 nitrogen and oxygen atoms in total. The first-order valence-corrected chi connectivity index (χ1v) is 9.89. The number of amides is 1. The van der Waals surface area contributed by atoms with Crippen LogP contribution >= 0.6 is 35.6 Å². The molecule has 1 amide bonds. The number of nitrogens with zero attached hydrogens (tertiary/aromatic N) is 3. The molecule has 0 saturated carbocycles. The van der Waals surface area contributed by atoms with Crippen molar-refractivity contribution in [2.75, 3.05) is 13.6 Å². The first-order chi connectivity index (χ1) is 14.0. The summed E-state index contributed by atoms with van der Waals surface area (Å²) in [5.41, 5.74) is -0.349. The van der Waals surface area contributed by atoms with Crippen LogP contribution in [0.25, 0.3) is 11.4 Å². The topological polar surface area (TPSA) is 114 Å². The zero-order chi connectivity index (χ0) is 22.4. The van der Waals surface area contributed by atoms with Crippen molar-refractivity contribution in [3.8, 4) is 11.4 Å². The van der Waals surface area contributed by atoms with E-state index in [1.54, 1.807) is 19.2 Å². The molecule has 0 atom stereocenters. The monoisotopic (exact) mass is 564 g/mol. The number of benzene rings is 1. The Labute approximate surface area is 204 Å². The Morgan fingerprint density at radius 1 is 1.23 bits per heavy atom. The molecule has 0 saturated heterocycles. The minimum atomic E-state index is -0.565. The third kappa shape index (κ3) is 9.72. The number of hydrogen-bond acceptors (Lipinski definition) is 6. The second-order valence-corrected chi connectivity index (χ2v) is 8.75. The van der Waals surface area contributed by atoms with E-state index in [1.807, 2.05) is 46.8 Å². The molecular formula is C20H30ClIN6O3. The molecule has 31 heavy (non-hydrogen) atoms. The quantitative estimate of drug-likeness (QED) is 0.276. The number of carbonyl (C=O) groups is 1. The molecule has 0 spiro atoms. The molecule has 2 aromatic rings. The number of nitrogens with one attached hydrogen (secondary N) is 3. The van der Waals surface area contributed by atoms with Crippen molar-refractivity contribution in [3.63, 3.8) is 0 Å². The molecule has 0 aliphatic rings. The van der Waals surface area contributed by atoms with Crippen LogP contribution in [0.5, 0.6) is 0 Å². The van der Waals surface area contributed by atoms with Gasteiger partial charge in [0.05, 0.1) is 12.1 Å². The van der Waals surface area contributed by atoms with Crippen molar-refractivity contribution in [1.29, 1.82) is 0 Å². The lowest BCUT2D eigenvalue weighted by Crippen LogP contribution is -2.54. The maximum Gasteiger partial charge on any atom is 0.408 e. The number of guanidine groups is 1. The van der Waals surface area contributed by atoms with Crippen molar-refractivity contribution in [3.05, 3.63) is 35.2 Å². The molecule has 1 aromatic heterocycles. The van der Waals surface area contributed by atoms with Gasteiger partial charge in [0.2, 0.25) is 11.7 Å². The molecule has 2 rings (SSSR count). The molecule has 1 heterocycles. The van der Waals surface area contributed by atoms with E-state index in [1.165, 1.54) is 0 Å². The molecule has 0 radical (unpaired) electrons. The summed E-state index contributed by atoms with van der Waals surface area (Å²) in [7, 11) is 1.65. The van der Waals surface area contributed by atoms with Gasteiger partial charge in [0, 0.05) is 24.2 Å². The Balaban J connectivity index is 0.00000480. The van der Waals surface area contributed by atoms with Crippen LogP contribution in [0.15, 0.2) is 33.8 Å². The van der Waals surface area contributed by atoms with Gasteiger partial charge in [-0.2, -0.15) is 4.98 Å². The number of rotatable bonds is 6. The first-order valence-electron chi connectivity index (χ1n) is 9.52. The lowest BCUT2D eigenvalue weighted by molar-refractivity contribution is 0.0474. The van der Waals surface area contributed by atoms with Gasteiger partial charge in [-0.25, -0.2) is 4.79 Å². The van der Waals surface area contributed by atoms with Gasteiger partial charge in [0.15, 0.2) is 5.96 Å². The van der Waals surface area contributed by atoms with Crippen LogP contribution in [-0.4, -0.2) is 46.9 Å². The fourth-order valence-corrected chi connectivity index (χ4v) is 2.57. The van der Waals surface area contributed by atoms with Gasteiger partial charge in [-0.3, -0.25) is 4.99 Å². The fraction of sp³-hybridized carbons (Fsp3) is 0.500. The second-order valence-electron chi connectivity index (χ2n) is 8.31. The molecule has 3 N–H and O–H groups in total. The predicted molar refractivity (Wildman–Crippen MR) is 132 cm³/mol. The number of alkyl carbamates (subject to hydrolysis) is 1. The van der Waals surface area contributed by atoms with Gasteiger partial charge in [-0.1, -0.05) is 28.9 Å². The summed E-state index contributed by atoms with van der Waals surface area (Å²) < 4.78 is 10.6. The smallest absolute Gasteiger partial charge is 0.408 e. The van der Waals surface area contributed by atoms with Crippen molar-refractivity contribution in [1.82, 2.24) is 26.1 Å². The highest BCUT2D eigenvalue weighted by Crippen LogP contribution is 2.19. The first kappa shape index (κ1) is 27.0. The Morgan fingerprint density at radius 2 is 1.94 bits per heavy atom. The van der Waals surface area contributed by atoms with Crippen LogP contribution in [0, 0.1) is 0 Å². The Kier molecular flexibility index (Phi) is 10.0. The van der Waals surface area contributed by atoms with Crippen molar-refractivity contribution < 1.29 is 14.1 Å². The predicted octanol–water partition coefficient (Wildman–Crippen LogP) is 3.98. The van der Waals surface area contributed by atoms with Crippen LogP contribution in [-0.2, 0) is 11.3 Å². The van der Waals surface area contributed by atoms with Gasteiger partial charge in [0.1, 0.15) is 5.60 Å². The van der Waals surface area contributed by atoms with Gasteiger partial charge >= 0.3 is 6.09 Å². The van der Waals surface area contributed by atoms with Crippen LogP contribution in [0.3, 0.4) is 0 Å².